The Hall–Kier alpha value is -2.49. The van der Waals surface area contributed by atoms with Crippen molar-refractivity contribution in [3.8, 4) is 5.75 Å². The molecule has 0 heterocycles. The van der Waals surface area contributed by atoms with Gasteiger partial charge in [-0.2, -0.15) is 0 Å². The molecule has 2 aromatic rings. The van der Waals surface area contributed by atoms with Crippen molar-refractivity contribution in [2.24, 2.45) is 0 Å². The summed E-state index contributed by atoms with van der Waals surface area (Å²) < 4.78 is 5.21. The minimum absolute atomic E-state index is 0.272. The molecule has 0 saturated carbocycles. The van der Waals surface area contributed by atoms with Gasteiger partial charge in [-0.3, -0.25) is 4.79 Å². The van der Waals surface area contributed by atoms with Crippen LogP contribution in [0.1, 0.15) is 35.7 Å². The zero-order valence-corrected chi connectivity index (χ0v) is 12.5. The average Bonchev–Trinajstić information content (AvgIpc) is 2.46. The molecule has 2 aromatic carbocycles. The van der Waals surface area contributed by atoms with Crippen LogP contribution in [0.5, 0.6) is 5.75 Å². The number of benzene rings is 2. The van der Waals surface area contributed by atoms with Crippen molar-refractivity contribution in [2.75, 3.05) is 18.2 Å². The lowest BCUT2D eigenvalue weighted by Gasteiger charge is -2.13. The third-order valence-corrected chi connectivity index (χ3v) is 3.32. The van der Waals surface area contributed by atoms with Crippen LogP contribution in [0, 0.1) is 0 Å². The Morgan fingerprint density at radius 2 is 1.90 bits per heavy atom. The second-order valence-corrected chi connectivity index (χ2v) is 5.16. The molecule has 3 N–H and O–H groups in total. The second kappa shape index (κ2) is 6.31. The van der Waals surface area contributed by atoms with Crippen LogP contribution in [0.4, 0.5) is 11.4 Å². The lowest BCUT2D eigenvalue weighted by Crippen LogP contribution is -2.15. The van der Waals surface area contributed by atoms with Crippen molar-refractivity contribution in [3.63, 3.8) is 0 Å². The maximum atomic E-state index is 12.4. The van der Waals surface area contributed by atoms with Crippen LogP contribution in [0.15, 0.2) is 42.5 Å². The van der Waals surface area contributed by atoms with Crippen LogP contribution in [-0.4, -0.2) is 13.0 Å². The summed E-state index contributed by atoms with van der Waals surface area (Å²) in [6.45, 7) is 4.22. The fourth-order valence-corrected chi connectivity index (χ4v) is 2.13. The summed E-state index contributed by atoms with van der Waals surface area (Å²) in [7, 11) is 1.52. The van der Waals surface area contributed by atoms with Crippen LogP contribution in [0.2, 0.25) is 0 Å². The number of nitrogen functional groups attached to an aromatic ring is 1. The van der Waals surface area contributed by atoms with E-state index in [9.17, 15) is 4.79 Å². The molecule has 0 fully saturated rings. The molecule has 0 bridgehead atoms. The number of ether oxygens (including phenoxy) is 1. The molecule has 21 heavy (non-hydrogen) atoms. The molecule has 0 aliphatic heterocycles. The van der Waals surface area contributed by atoms with Gasteiger partial charge in [0.1, 0.15) is 11.3 Å². The quantitative estimate of drug-likeness (QED) is 0.842. The Labute approximate surface area is 124 Å². The normalized spacial score (nSPS) is 10.5. The predicted molar refractivity (Wildman–Crippen MR) is 85.9 cm³/mol. The number of hydrogen-bond donors (Lipinski definition) is 2. The largest absolute Gasteiger partial charge is 0.496 e. The molecule has 110 valence electrons. The molecule has 1 amide bonds. The highest BCUT2D eigenvalue weighted by atomic mass is 16.5. The van der Waals surface area contributed by atoms with Crippen LogP contribution >= 0.6 is 0 Å². The van der Waals surface area contributed by atoms with Gasteiger partial charge < -0.3 is 15.8 Å². The average molecular weight is 284 g/mol. The number of hydrogen-bond acceptors (Lipinski definition) is 3. The van der Waals surface area contributed by atoms with Crippen LogP contribution < -0.4 is 15.8 Å². The summed E-state index contributed by atoms with van der Waals surface area (Å²) in [6.07, 6.45) is 0. The fraction of sp³-hybridized carbons (Fsp3) is 0.235. The summed E-state index contributed by atoms with van der Waals surface area (Å²) in [4.78, 5) is 12.4. The van der Waals surface area contributed by atoms with E-state index in [1.165, 1.54) is 12.7 Å². The third kappa shape index (κ3) is 3.34. The fourth-order valence-electron chi connectivity index (χ4n) is 2.13. The van der Waals surface area contributed by atoms with E-state index in [2.05, 4.69) is 19.2 Å². The number of rotatable bonds is 4. The van der Waals surface area contributed by atoms with Gasteiger partial charge in [0.25, 0.3) is 5.91 Å². The van der Waals surface area contributed by atoms with Gasteiger partial charge in [-0.05, 0) is 35.7 Å². The van der Waals surface area contributed by atoms with Crippen molar-refractivity contribution in [3.05, 3.63) is 53.6 Å². The zero-order chi connectivity index (χ0) is 15.4. The lowest BCUT2D eigenvalue weighted by molar-refractivity contribution is 0.102. The van der Waals surface area contributed by atoms with E-state index in [1.54, 1.807) is 18.2 Å². The van der Waals surface area contributed by atoms with E-state index in [4.69, 9.17) is 10.5 Å². The first-order valence-electron chi connectivity index (χ1n) is 6.86. The highest BCUT2D eigenvalue weighted by Crippen LogP contribution is 2.26. The van der Waals surface area contributed by atoms with E-state index < -0.39 is 0 Å². The number of nitrogens with two attached hydrogens (primary N) is 1. The third-order valence-electron chi connectivity index (χ3n) is 3.32. The summed E-state index contributed by atoms with van der Waals surface area (Å²) in [6, 6.07) is 12.9. The van der Waals surface area contributed by atoms with Crippen molar-refractivity contribution in [2.45, 2.75) is 19.8 Å². The summed E-state index contributed by atoms with van der Waals surface area (Å²) in [5, 5.41) is 2.87. The molecule has 0 unspecified atom stereocenters. The van der Waals surface area contributed by atoms with E-state index >= 15 is 0 Å². The molecular formula is C17H20N2O2. The Balaban J connectivity index is 2.28. The standard InChI is InChI=1S/C17H20N2O2/c1-11(2)12-6-4-7-13(10-12)19-17(20)16-14(18)8-5-9-15(16)21-3/h4-11H,18H2,1-3H3,(H,19,20). The number of methoxy groups -OCH3 is 1. The molecule has 0 aromatic heterocycles. The first kappa shape index (κ1) is 14.9. The molecule has 0 aliphatic rings. The number of amides is 1. The predicted octanol–water partition coefficient (Wildman–Crippen LogP) is 3.65. The van der Waals surface area contributed by atoms with Crippen LogP contribution in [-0.2, 0) is 0 Å². The summed E-state index contributed by atoms with van der Waals surface area (Å²) >= 11 is 0. The van der Waals surface area contributed by atoms with Crippen LogP contribution in [0.3, 0.4) is 0 Å². The maximum Gasteiger partial charge on any atom is 0.261 e. The van der Waals surface area contributed by atoms with E-state index in [0.717, 1.165) is 5.69 Å². The van der Waals surface area contributed by atoms with E-state index in [-0.39, 0.29) is 5.91 Å². The van der Waals surface area contributed by atoms with E-state index in [1.807, 2.05) is 24.3 Å². The molecule has 0 saturated heterocycles. The van der Waals surface area contributed by atoms with Gasteiger partial charge in [0.15, 0.2) is 0 Å². The van der Waals surface area contributed by atoms with Crippen molar-refractivity contribution in [1.29, 1.82) is 0 Å². The van der Waals surface area contributed by atoms with Crippen molar-refractivity contribution < 1.29 is 9.53 Å². The second-order valence-electron chi connectivity index (χ2n) is 5.16. The molecule has 0 spiro atoms. The molecule has 2 rings (SSSR count). The first-order chi connectivity index (χ1) is 10.0. The molecular weight excluding hydrogens is 264 g/mol. The maximum absolute atomic E-state index is 12.4. The SMILES string of the molecule is COc1cccc(N)c1C(=O)Nc1cccc(C(C)C)c1. The smallest absolute Gasteiger partial charge is 0.261 e. The van der Waals surface area contributed by atoms with Gasteiger partial charge in [0.2, 0.25) is 0 Å². The molecule has 4 heteroatoms. The molecule has 0 atom stereocenters. The minimum atomic E-state index is -0.272. The Kier molecular flexibility index (Phi) is 4.48. The molecule has 0 aliphatic carbocycles. The first-order valence-corrected chi connectivity index (χ1v) is 6.86. The molecule has 4 nitrogen and oxygen atoms in total. The Morgan fingerprint density at radius 1 is 1.19 bits per heavy atom. The number of nitrogens with one attached hydrogen (secondary N) is 1. The van der Waals surface area contributed by atoms with Gasteiger partial charge in [0, 0.05) is 11.4 Å². The van der Waals surface area contributed by atoms with Crippen molar-refractivity contribution >= 4 is 17.3 Å². The van der Waals surface area contributed by atoms with Crippen LogP contribution in [0.25, 0.3) is 0 Å². The lowest BCUT2D eigenvalue weighted by atomic mass is 10.0. The highest BCUT2D eigenvalue weighted by Gasteiger charge is 2.16. The number of carbonyl (C=O) groups is 1. The topological polar surface area (TPSA) is 64.3 Å². The summed E-state index contributed by atoms with van der Waals surface area (Å²) in [5.41, 5.74) is 8.55. The van der Waals surface area contributed by atoms with Gasteiger partial charge in [-0.15, -0.1) is 0 Å². The highest BCUT2D eigenvalue weighted by molar-refractivity contribution is 6.09. The van der Waals surface area contributed by atoms with E-state index in [0.29, 0.717) is 22.9 Å². The van der Waals surface area contributed by atoms with Gasteiger partial charge in [0.05, 0.1) is 7.11 Å². The van der Waals surface area contributed by atoms with Gasteiger partial charge in [-0.1, -0.05) is 32.0 Å². The summed E-state index contributed by atoms with van der Waals surface area (Å²) in [5.74, 6) is 0.594. The Bertz CT molecular complexity index is 651. The number of carbonyl (C=O) groups excluding carboxylic acids is 1. The minimum Gasteiger partial charge on any atom is -0.496 e. The monoisotopic (exact) mass is 284 g/mol. The zero-order valence-electron chi connectivity index (χ0n) is 12.5. The Morgan fingerprint density at radius 3 is 2.57 bits per heavy atom. The molecule has 0 radical (unpaired) electrons. The number of anilines is 2. The van der Waals surface area contributed by atoms with Crippen molar-refractivity contribution in [1.82, 2.24) is 0 Å². The van der Waals surface area contributed by atoms with Gasteiger partial charge in [-0.25, -0.2) is 0 Å². The van der Waals surface area contributed by atoms with Gasteiger partial charge >= 0.3 is 0 Å².